The Hall–Kier alpha value is -1.10. The average molecular weight is 251 g/mol. The van der Waals surface area contributed by atoms with Gasteiger partial charge in [0, 0.05) is 25.5 Å². The van der Waals surface area contributed by atoms with Crippen molar-refractivity contribution in [3.05, 3.63) is 29.8 Å². The van der Waals surface area contributed by atoms with Gasteiger partial charge in [-0.1, -0.05) is 12.1 Å². The van der Waals surface area contributed by atoms with Crippen LogP contribution >= 0.6 is 0 Å². The molecule has 0 aliphatic carbocycles. The van der Waals surface area contributed by atoms with Gasteiger partial charge in [-0.2, -0.15) is 0 Å². The fourth-order valence-electron chi connectivity index (χ4n) is 2.12. The Kier molecular flexibility index (Phi) is 4.99. The van der Waals surface area contributed by atoms with Gasteiger partial charge in [-0.25, -0.2) is 0 Å². The third kappa shape index (κ3) is 3.98. The van der Waals surface area contributed by atoms with Crippen LogP contribution in [-0.4, -0.2) is 31.5 Å². The lowest BCUT2D eigenvalue weighted by molar-refractivity contribution is -0.00964. The average Bonchev–Trinajstić information content (AvgIpc) is 2.40. The second kappa shape index (κ2) is 6.73. The van der Waals surface area contributed by atoms with Gasteiger partial charge in [0.15, 0.2) is 0 Å². The second-order valence-electron chi connectivity index (χ2n) is 4.78. The minimum atomic E-state index is -0.603. The molecule has 0 spiro atoms. The van der Waals surface area contributed by atoms with Crippen molar-refractivity contribution in [1.82, 2.24) is 0 Å². The van der Waals surface area contributed by atoms with Crippen LogP contribution in [0.3, 0.4) is 0 Å². The molecule has 0 amide bonds. The maximum Gasteiger partial charge on any atom is 0.102 e. The molecule has 0 saturated carbocycles. The lowest BCUT2D eigenvalue weighted by Gasteiger charge is -2.22. The summed E-state index contributed by atoms with van der Waals surface area (Å²) in [5.41, 5.74) is 7.15. The molecule has 0 bridgehead atoms. The van der Waals surface area contributed by atoms with E-state index in [1.54, 1.807) is 12.1 Å². The number of hydrogen-bond acceptors (Lipinski definition) is 4. The maximum absolute atomic E-state index is 9.97. The van der Waals surface area contributed by atoms with Crippen molar-refractivity contribution >= 4 is 5.69 Å². The van der Waals surface area contributed by atoms with E-state index in [0.717, 1.165) is 31.6 Å². The Balaban J connectivity index is 1.72. The van der Waals surface area contributed by atoms with Gasteiger partial charge in [-0.05, 0) is 36.5 Å². The molecule has 1 aromatic carbocycles. The van der Waals surface area contributed by atoms with Crippen molar-refractivity contribution in [2.75, 3.05) is 32.2 Å². The number of nitrogens with two attached hydrogens (primary N) is 1. The van der Waals surface area contributed by atoms with Crippen molar-refractivity contribution in [2.45, 2.75) is 18.9 Å². The summed E-state index contributed by atoms with van der Waals surface area (Å²) in [7, 11) is 0. The SMILES string of the molecule is Nc1cccc(C(O)COCC2CCOCC2)c1. The molecule has 1 saturated heterocycles. The lowest BCUT2D eigenvalue weighted by Crippen LogP contribution is -2.21. The van der Waals surface area contributed by atoms with Crippen molar-refractivity contribution in [1.29, 1.82) is 0 Å². The standard InChI is InChI=1S/C14H21NO3/c15-13-3-1-2-12(8-13)14(16)10-18-9-11-4-6-17-7-5-11/h1-3,8,11,14,16H,4-7,9-10,15H2. The van der Waals surface area contributed by atoms with E-state index in [4.69, 9.17) is 15.2 Å². The summed E-state index contributed by atoms with van der Waals surface area (Å²) in [6, 6.07) is 7.28. The van der Waals surface area contributed by atoms with E-state index < -0.39 is 6.10 Å². The quantitative estimate of drug-likeness (QED) is 0.782. The number of anilines is 1. The van der Waals surface area contributed by atoms with Crippen LogP contribution in [0.2, 0.25) is 0 Å². The summed E-state index contributed by atoms with van der Waals surface area (Å²) >= 11 is 0. The normalized spacial score (nSPS) is 18.7. The predicted octanol–water partition coefficient (Wildman–Crippen LogP) is 1.75. The molecular formula is C14H21NO3. The van der Waals surface area contributed by atoms with E-state index in [9.17, 15) is 5.11 Å². The van der Waals surface area contributed by atoms with Crippen LogP contribution in [0.1, 0.15) is 24.5 Å². The molecule has 0 aromatic heterocycles. The Morgan fingerprint density at radius 2 is 2.17 bits per heavy atom. The van der Waals surface area contributed by atoms with Gasteiger partial charge in [-0.15, -0.1) is 0 Å². The first-order chi connectivity index (χ1) is 8.75. The molecule has 0 radical (unpaired) electrons. The summed E-state index contributed by atoms with van der Waals surface area (Å²) < 4.78 is 10.9. The largest absolute Gasteiger partial charge is 0.399 e. The number of benzene rings is 1. The van der Waals surface area contributed by atoms with E-state index in [-0.39, 0.29) is 0 Å². The number of aliphatic hydroxyl groups excluding tert-OH is 1. The van der Waals surface area contributed by atoms with E-state index in [2.05, 4.69) is 0 Å². The molecule has 1 heterocycles. The first-order valence-corrected chi connectivity index (χ1v) is 6.44. The third-order valence-electron chi connectivity index (χ3n) is 3.27. The monoisotopic (exact) mass is 251 g/mol. The summed E-state index contributed by atoms with van der Waals surface area (Å²) in [6.07, 6.45) is 1.50. The smallest absolute Gasteiger partial charge is 0.102 e. The highest BCUT2D eigenvalue weighted by Gasteiger charge is 2.15. The molecule has 3 N–H and O–H groups in total. The van der Waals surface area contributed by atoms with Crippen molar-refractivity contribution in [3.63, 3.8) is 0 Å². The topological polar surface area (TPSA) is 64.7 Å². The molecular weight excluding hydrogens is 230 g/mol. The molecule has 1 fully saturated rings. The van der Waals surface area contributed by atoms with Crippen LogP contribution in [-0.2, 0) is 9.47 Å². The van der Waals surface area contributed by atoms with E-state index in [1.807, 2.05) is 12.1 Å². The first kappa shape index (κ1) is 13.3. The fraction of sp³-hybridized carbons (Fsp3) is 0.571. The van der Waals surface area contributed by atoms with Crippen molar-refractivity contribution in [3.8, 4) is 0 Å². The summed E-state index contributed by atoms with van der Waals surface area (Å²) in [5.74, 6) is 0.562. The molecule has 4 nitrogen and oxygen atoms in total. The zero-order chi connectivity index (χ0) is 12.8. The van der Waals surface area contributed by atoms with E-state index >= 15 is 0 Å². The van der Waals surface area contributed by atoms with Gasteiger partial charge in [0.2, 0.25) is 0 Å². The number of ether oxygens (including phenoxy) is 2. The number of rotatable bonds is 5. The van der Waals surface area contributed by atoms with Crippen LogP contribution in [0.15, 0.2) is 24.3 Å². The van der Waals surface area contributed by atoms with Gasteiger partial charge in [0.25, 0.3) is 0 Å². The molecule has 100 valence electrons. The highest BCUT2D eigenvalue weighted by molar-refractivity contribution is 5.41. The molecule has 1 unspecified atom stereocenters. The number of nitrogen functional groups attached to an aromatic ring is 1. The Bertz CT molecular complexity index is 364. The Morgan fingerprint density at radius 1 is 1.39 bits per heavy atom. The number of hydrogen-bond donors (Lipinski definition) is 2. The molecule has 4 heteroatoms. The fourth-order valence-corrected chi connectivity index (χ4v) is 2.12. The molecule has 1 aromatic rings. The second-order valence-corrected chi connectivity index (χ2v) is 4.78. The molecule has 2 rings (SSSR count). The van der Waals surface area contributed by atoms with Crippen LogP contribution < -0.4 is 5.73 Å². The van der Waals surface area contributed by atoms with Gasteiger partial charge >= 0.3 is 0 Å². The summed E-state index contributed by atoms with van der Waals surface area (Å²) in [5, 5.41) is 9.97. The summed E-state index contributed by atoms with van der Waals surface area (Å²) in [4.78, 5) is 0. The third-order valence-corrected chi connectivity index (χ3v) is 3.27. The van der Waals surface area contributed by atoms with Crippen LogP contribution in [0.4, 0.5) is 5.69 Å². The predicted molar refractivity (Wildman–Crippen MR) is 70.2 cm³/mol. The highest BCUT2D eigenvalue weighted by atomic mass is 16.5. The van der Waals surface area contributed by atoms with Crippen LogP contribution in [0.25, 0.3) is 0 Å². The zero-order valence-electron chi connectivity index (χ0n) is 10.5. The Labute approximate surface area is 108 Å². The van der Waals surface area contributed by atoms with Gasteiger partial charge < -0.3 is 20.3 Å². The minimum absolute atomic E-state index is 0.320. The zero-order valence-corrected chi connectivity index (χ0v) is 10.5. The van der Waals surface area contributed by atoms with Crippen molar-refractivity contribution < 1.29 is 14.6 Å². The molecule has 1 aliphatic heterocycles. The van der Waals surface area contributed by atoms with Gasteiger partial charge in [0.05, 0.1) is 6.61 Å². The molecule has 1 atom stereocenters. The summed E-state index contributed by atoms with van der Waals surface area (Å²) in [6.45, 7) is 2.67. The maximum atomic E-state index is 9.97. The first-order valence-electron chi connectivity index (χ1n) is 6.44. The van der Waals surface area contributed by atoms with E-state index in [0.29, 0.717) is 24.8 Å². The number of aliphatic hydroxyl groups is 1. The minimum Gasteiger partial charge on any atom is -0.399 e. The van der Waals surface area contributed by atoms with Crippen molar-refractivity contribution in [2.24, 2.45) is 5.92 Å². The van der Waals surface area contributed by atoms with Gasteiger partial charge in [-0.3, -0.25) is 0 Å². The van der Waals surface area contributed by atoms with Gasteiger partial charge in [0.1, 0.15) is 6.10 Å². The van der Waals surface area contributed by atoms with E-state index in [1.165, 1.54) is 0 Å². The molecule has 18 heavy (non-hydrogen) atoms. The highest BCUT2D eigenvalue weighted by Crippen LogP contribution is 2.18. The van der Waals surface area contributed by atoms with Crippen LogP contribution in [0.5, 0.6) is 0 Å². The Morgan fingerprint density at radius 3 is 2.89 bits per heavy atom. The van der Waals surface area contributed by atoms with Crippen LogP contribution in [0, 0.1) is 5.92 Å². The lowest BCUT2D eigenvalue weighted by atomic mass is 10.0. The molecule has 1 aliphatic rings.